The molecular weight excluding hydrogens is 260 g/mol. The Hall–Kier alpha value is -1.31. The van der Waals surface area contributed by atoms with Gasteiger partial charge in [-0.3, -0.25) is 4.79 Å². The summed E-state index contributed by atoms with van der Waals surface area (Å²) in [5, 5.41) is 0. The number of carbonyl (C=O) groups excluding carboxylic acids is 1. The number of carbonyl (C=O) groups is 1. The maximum Gasteiger partial charge on any atom is 0.139 e. The highest BCUT2D eigenvalue weighted by atomic mass is 16.5. The van der Waals surface area contributed by atoms with Crippen LogP contribution in [-0.4, -0.2) is 12.9 Å². The Bertz CT molecular complexity index is 591. The average molecular weight is 284 g/mol. The molecule has 0 spiro atoms. The van der Waals surface area contributed by atoms with Gasteiger partial charge in [0.05, 0.1) is 7.11 Å². The summed E-state index contributed by atoms with van der Waals surface area (Å²) in [5.74, 6) is 3.52. The molecule has 2 heteroatoms. The van der Waals surface area contributed by atoms with E-state index in [1.807, 2.05) is 0 Å². The SMILES string of the molecule is COc1ccc2c(c1)CCC1[C@@H]2CC[C@@]2(C)C(=O)CC[C@@H]12. The largest absolute Gasteiger partial charge is 0.497 e. The summed E-state index contributed by atoms with van der Waals surface area (Å²) in [6.45, 7) is 2.24. The number of fused-ring (bicyclic) bond motifs is 5. The second kappa shape index (κ2) is 4.59. The van der Waals surface area contributed by atoms with Crippen LogP contribution in [0, 0.1) is 17.3 Å². The summed E-state index contributed by atoms with van der Waals surface area (Å²) in [7, 11) is 1.74. The number of methoxy groups -OCH3 is 1. The Morgan fingerprint density at radius 2 is 2.05 bits per heavy atom. The number of ether oxygens (including phenoxy) is 1. The monoisotopic (exact) mass is 284 g/mol. The minimum Gasteiger partial charge on any atom is -0.497 e. The third-order valence-electron chi connectivity index (χ3n) is 6.64. The number of benzene rings is 1. The minimum absolute atomic E-state index is 0.00879. The predicted molar refractivity (Wildman–Crippen MR) is 82.6 cm³/mol. The molecule has 0 radical (unpaired) electrons. The van der Waals surface area contributed by atoms with Crippen molar-refractivity contribution in [3.63, 3.8) is 0 Å². The molecule has 1 aromatic rings. The lowest BCUT2D eigenvalue weighted by atomic mass is 9.55. The molecule has 3 aliphatic carbocycles. The Balaban J connectivity index is 1.70. The van der Waals surface area contributed by atoms with E-state index in [0.717, 1.165) is 37.4 Å². The van der Waals surface area contributed by atoms with E-state index in [2.05, 4.69) is 25.1 Å². The fourth-order valence-electron chi connectivity index (χ4n) is 5.46. The zero-order valence-electron chi connectivity index (χ0n) is 13.0. The Kier molecular flexibility index (Phi) is 2.92. The summed E-state index contributed by atoms with van der Waals surface area (Å²) in [6.07, 6.45) is 6.61. The Morgan fingerprint density at radius 1 is 1.19 bits per heavy atom. The van der Waals surface area contributed by atoms with E-state index in [0.29, 0.717) is 17.6 Å². The van der Waals surface area contributed by atoms with Crippen LogP contribution in [0.2, 0.25) is 0 Å². The Morgan fingerprint density at radius 3 is 2.86 bits per heavy atom. The molecule has 0 heterocycles. The normalized spacial score (nSPS) is 37.6. The van der Waals surface area contributed by atoms with E-state index < -0.39 is 0 Å². The summed E-state index contributed by atoms with van der Waals surface area (Å²) >= 11 is 0. The molecule has 2 saturated carbocycles. The molecule has 0 saturated heterocycles. The summed E-state index contributed by atoms with van der Waals surface area (Å²) < 4.78 is 5.37. The van der Waals surface area contributed by atoms with Gasteiger partial charge >= 0.3 is 0 Å². The van der Waals surface area contributed by atoms with E-state index in [1.54, 1.807) is 7.11 Å². The molecule has 1 aromatic carbocycles. The topological polar surface area (TPSA) is 26.3 Å². The molecule has 4 rings (SSSR count). The van der Waals surface area contributed by atoms with Gasteiger partial charge in [0.2, 0.25) is 0 Å². The molecule has 112 valence electrons. The first-order valence-electron chi connectivity index (χ1n) is 8.33. The molecule has 3 aliphatic rings. The molecule has 0 N–H and O–H groups in total. The fourth-order valence-corrected chi connectivity index (χ4v) is 5.46. The molecule has 0 bridgehead atoms. The average Bonchev–Trinajstić information content (AvgIpc) is 2.82. The van der Waals surface area contributed by atoms with Crippen molar-refractivity contribution in [2.75, 3.05) is 7.11 Å². The predicted octanol–water partition coefficient (Wildman–Crippen LogP) is 4.12. The van der Waals surface area contributed by atoms with Gasteiger partial charge in [0.25, 0.3) is 0 Å². The molecule has 2 nitrogen and oxygen atoms in total. The number of hydrogen-bond donors (Lipinski definition) is 0. The second-order valence-electron chi connectivity index (χ2n) is 7.40. The number of rotatable bonds is 1. The minimum atomic E-state index is -0.00879. The van der Waals surface area contributed by atoms with Crippen LogP contribution in [0.4, 0.5) is 0 Å². The lowest BCUT2D eigenvalue weighted by Gasteiger charge is -2.48. The van der Waals surface area contributed by atoms with Crippen molar-refractivity contribution in [2.45, 2.75) is 51.4 Å². The van der Waals surface area contributed by atoms with Crippen molar-refractivity contribution in [1.29, 1.82) is 0 Å². The van der Waals surface area contributed by atoms with Crippen molar-refractivity contribution >= 4 is 5.78 Å². The van der Waals surface area contributed by atoms with Gasteiger partial charge < -0.3 is 4.74 Å². The van der Waals surface area contributed by atoms with Gasteiger partial charge in [-0.2, -0.15) is 0 Å². The lowest BCUT2D eigenvalue weighted by Crippen LogP contribution is -2.42. The highest BCUT2D eigenvalue weighted by molar-refractivity contribution is 5.87. The summed E-state index contributed by atoms with van der Waals surface area (Å²) in [5.41, 5.74) is 3.00. The number of hydrogen-bond acceptors (Lipinski definition) is 2. The first-order chi connectivity index (χ1) is 10.1. The van der Waals surface area contributed by atoms with E-state index >= 15 is 0 Å². The van der Waals surface area contributed by atoms with E-state index in [1.165, 1.54) is 24.0 Å². The van der Waals surface area contributed by atoms with E-state index in [-0.39, 0.29) is 5.41 Å². The molecule has 4 atom stereocenters. The quantitative estimate of drug-likeness (QED) is 0.775. The van der Waals surface area contributed by atoms with Crippen LogP contribution in [-0.2, 0) is 11.2 Å². The van der Waals surface area contributed by atoms with Crippen molar-refractivity contribution in [1.82, 2.24) is 0 Å². The van der Waals surface area contributed by atoms with Gasteiger partial charge in [0.1, 0.15) is 11.5 Å². The highest BCUT2D eigenvalue weighted by Crippen LogP contribution is 2.59. The van der Waals surface area contributed by atoms with Crippen LogP contribution in [0.1, 0.15) is 56.1 Å². The molecule has 21 heavy (non-hydrogen) atoms. The standard InChI is InChI=1S/C19H24O2/c1-19-10-9-15-14-6-4-13(21-2)11-12(14)3-5-16(15)17(19)7-8-18(19)20/h4,6,11,15-17H,3,5,7-10H2,1-2H3/t15-,16?,17+,19-/m1/s1. The van der Waals surface area contributed by atoms with E-state index in [4.69, 9.17) is 4.74 Å². The lowest BCUT2D eigenvalue weighted by molar-refractivity contribution is -0.129. The van der Waals surface area contributed by atoms with Crippen molar-refractivity contribution in [3.05, 3.63) is 29.3 Å². The van der Waals surface area contributed by atoms with Crippen LogP contribution in [0.5, 0.6) is 5.75 Å². The van der Waals surface area contributed by atoms with Crippen molar-refractivity contribution in [2.24, 2.45) is 17.3 Å². The summed E-state index contributed by atoms with van der Waals surface area (Å²) in [4.78, 5) is 12.3. The maximum atomic E-state index is 12.3. The van der Waals surface area contributed by atoms with Gasteiger partial charge in [-0.15, -0.1) is 0 Å². The number of aryl methyl sites for hydroxylation is 1. The van der Waals surface area contributed by atoms with Gasteiger partial charge in [-0.05, 0) is 73.1 Å². The maximum absolute atomic E-state index is 12.3. The molecule has 1 unspecified atom stereocenters. The molecule has 0 aromatic heterocycles. The molecule has 2 fully saturated rings. The van der Waals surface area contributed by atoms with Crippen molar-refractivity contribution < 1.29 is 9.53 Å². The number of Topliss-reactive ketones (excluding diaryl/α,β-unsaturated/α-hetero) is 1. The molecular formula is C19H24O2. The summed E-state index contributed by atoms with van der Waals surface area (Å²) in [6, 6.07) is 6.61. The van der Waals surface area contributed by atoms with Crippen LogP contribution in [0.25, 0.3) is 0 Å². The third kappa shape index (κ3) is 1.81. The van der Waals surface area contributed by atoms with Crippen LogP contribution < -0.4 is 4.74 Å². The van der Waals surface area contributed by atoms with Gasteiger partial charge in [-0.25, -0.2) is 0 Å². The van der Waals surface area contributed by atoms with Gasteiger partial charge in [0.15, 0.2) is 0 Å². The Labute approximate surface area is 126 Å². The van der Waals surface area contributed by atoms with Gasteiger partial charge in [-0.1, -0.05) is 13.0 Å². The zero-order valence-corrected chi connectivity index (χ0v) is 13.0. The van der Waals surface area contributed by atoms with Crippen LogP contribution >= 0.6 is 0 Å². The fraction of sp³-hybridized carbons (Fsp3) is 0.632. The smallest absolute Gasteiger partial charge is 0.139 e. The van der Waals surface area contributed by atoms with E-state index in [9.17, 15) is 4.79 Å². The first-order valence-corrected chi connectivity index (χ1v) is 8.33. The number of ketones is 1. The van der Waals surface area contributed by atoms with Gasteiger partial charge in [0, 0.05) is 11.8 Å². The zero-order chi connectivity index (χ0) is 14.6. The van der Waals surface area contributed by atoms with Crippen LogP contribution in [0.15, 0.2) is 18.2 Å². The van der Waals surface area contributed by atoms with Crippen molar-refractivity contribution in [3.8, 4) is 5.75 Å². The molecule has 0 amide bonds. The molecule has 0 aliphatic heterocycles. The second-order valence-corrected chi connectivity index (χ2v) is 7.40. The third-order valence-corrected chi connectivity index (χ3v) is 6.64. The van der Waals surface area contributed by atoms with Crippen LogP contribution in [0.3, 0.4) is 0 Å². The highest BCUT2D eigenvalue weighted by Gasteiger charge is 2.54. The first kappa shape index (κ1) is 13.4.